The maximum atomic E-state index is 14.8. The first-order chi connectivity index (χ1) is 39.0. The van der Waals surface area contributed by atoms with Crippen molar-refractivity contribution in [3.8, 4) is 5.88 Å². The Morgan fingerprint density at radius 1 is 0.662 bits per heavy atom. The quantitative estimate of drug-likeness (QED) is 0.0129. The second-order valence-corrected chi connectivity index (χ2v) is 23.1. The van der Waals surface area contributed by atoms with Gasteiger partial charge in [-0.05, 0) is 50.5 Å². The number of oxime groups is 1. The van der Waals surface area contributed by atoms with Crippen molar-refractivity contribution in [3.05, 3.63) is 254 Å². The number of aromatic nitrogens is 3. The Morgan fingerprint density at radius 2 is 1.12 bits per heavy atom. The van der Waals surface area contributed by atoms with Crippen LogP contribution in [0.5, 0.6) is 5.88 Å². The van der Waals surface area contributed by atoms with Crippen LogP contribution in [-0.4, -0.2) is 86.9 Å². The maximum Gasteiger partial charge on any atom is 0.352 e. The Morgan fingerprint density at radius 3 is 1.59 bits per heavy atom. The number of carboxylic acids is 2. The van der Waals surface area contributed by atoms with E-state index in [-0.39, 0.29) is 45.0 Å². The van der Waals surface area contributed by atoms with Crippen LogP contribution in [0.15, 0.2) is 213 Å². The van der Waals surface area contributed by atoms with Gasteiger partial charge in [0.2, 0.25) is 5.88 Å². The maximum absolute atomic E-state index is 14.8. The van der Waals surface area contributed by atoms with Gasteiger partial charge in [0.05, 0.1) is 9.90 Å². The van der Waals surface area contributed by atoms with Crippen molar-refractivity contribution in [2.75, 3.05) is 22.1 Å². The molecular weight excluding hydrogens is 1110 g/mol. The number of aromatic carboxylic acids is 1. The number of carboxylic acid groups (broad SMARTS) is 2. The molecule has 80 heavy (non-hydrogen) atoms. The van der Waals surface area contributed by atoms with Crippen LogP contribution >= 0.6 is 57.7 Å². The molecule has 16 nitrogen and oxygen atoms in total. The Bertz CT molecular complexity index is 3560. The molecule has 2 aliphatic rings. The molecule has 9 aromatic rings. The Kier molecular flexibility index (Phi) is 15.6. The van der Waals surface area contributed by atoms with Gasteiger partial charge in [-0.15, -0.1) is 46.2 Å². The van der Waals surface area contributed by atoms with E-state index in [2.05, 4.69) is 61.9 Å². The molecule has 1 fully saturated rings. The lowest BCUT2D eigenvalue weighted by molar-refractivity contribution is -0.150. The highest BCUT2D eigenvalue weighted by Crippen LogP contribution is 2.45. The summed E-state index contributed by atoms with van der Waals surface area (Å²) < 4.78 is 3.91. The largest absolute Gasteiger partial charge is 0.492 e. The summed E-state index contributed by atoms with van der Waals surface area (Å²) in [5.41, 5.74) is 4.08. The fraction of sp³-hybridized carbons (Fsp3) is 0.119. The highest BCUT2D eigenvalue weighted by molar-refractivity contribution is 8.02. The molecule has 2 aliphatic heterocycles. The Hall–Kier alpha value is -8.60. The van der Waals surface area contributed by atoms with E-state index >= 15 is 0 Å². The van der Waals surface area contributed by atoms with Crippen molar-refractivity contribution in [2.24, 2.45) is 5.16 Å². The topological polar surface area (TPSA) is 229 Å². The number of hydrogen-bond donors (Lipinski definition) is 6. The molecule has 2 atom stereocenters. The molecule has 400 valence electrons. The first kappa shape index (κ1) is 53.4. The number of fused-ring (bicyclic) bond motifs is 1. The molecule has 2 unspecified atom stereocenters. The van der Waals surface area contributed by atoms with Crippen LogP contribution in [0.25, 0.3) is 0 Å². The molecule has 0 bridgehead atoms. The van der Waals surface area contributed by atoms with Crippen LogP contribution in [0.1, 0.15) is 55.1 Å². The monoisotopic (exact) mass is 1150 g/mol. The van der Waals surface area contributed by atoms with E-state index in [9.17, 15) is 34.5 Å². The van der Waals surface area contributed by atoms with Gasteiger partial charge < -0.3 is 36.1 Å². The third kappa shape index (κ3) is 10.4. The van der Waals surface area contributed by atoms with E-state index in [0.717, 1.165) is 61.6 Å². The van der Waals surface area contributed by atoms with E-state index in [1.54, 1.807) is 5.38 Å². The zero-order chi connectivity index (χ0) is 55.2. The number of β-lactam (4-membered cyclic amide) rings is 1. The fourth-order valence-electron chi connectivity index (χ4n) is 9.83. The van der Waals surface area contributed by atoms with Crippen molar-refractivity contribution in [1.29, 1.82) is 0 Å². The van der Waals surface area contributed by atoms with Gasteiger partial charge in [-0.3, -0.25) is 14.5 Å². The molecule has 2 amide bonds. The van der Waals surface area contributed by atoms with Gasteiger partial charge in [0.15, 0.2) is 22.6 Å². The molecule has 5 heterocycles. The van der Waals surface area contributed by atoms with Crippen molar-refractivity contribution in [1.82, 2.24) is 24.6 Å². The minimum atomic E-state index is -1.38. The van der Waals surface area contributed by atoms with Crippen molar-refractivity contribution < 1.29 is 39.3 Å². The lowest BCUT2D eigenvalue weighted by atomic mass is 9.77. The Labute approximate surface area is 479 Å². The number of aromatic hydroxyl groups is 1. The van der Waals surface area contributed by atoms with Gasteiger partial charge >= 0.3 is 11.9 Å². The molecule has 6 N–H and O–H groups in total. The standard InChI is InChI=1S/C59H46N8O8S5/c68-49-45(53(71)72)55(80-66-49)77-33-36-32-76-52-47(51(70)67(52)48(36)54(73)74)62-50(69)46(44-35-79-57(61-44)64-59(40-25-13-4-14-26-40,41-27-15-5-16-28-41)42-29-17-6-18-30-42)65-75-31-43-34-78-56(60-43)63-58(37-19-7-1-8-20-37,38-21-9-2-10-22-38)39-23-11-3-12-24-39/h1-30,34-35,47,52H,31-33H2,(H,60,63)(H,61,64)(H,62,69)(H,66,68)(H,71,72)(H,73,74)/b65-46-. The number of anilines is 2. The summed E-state index contributed by atoms with van der Waals surface area (Å²) in [6, 6.07) is 59.2. The molecular formula is C59H46N8O8S5. The summed E-state index contributed by atoms with van der Waals surface area (Å²) in [6.45, 7) is -0.157. The van der Waals surface area contributed by atoms with Gasteiger partial charge in [-0.1, -0.05) is 187 Å². The van der Waals surface area contributed by atoms with Crippen molar-refractivity contribution in [3.63, 3.8) is 0 Å². The van der Waals surface area contributed by atoms with E-state index in [4.69, 9.17) is 14.8 Å². The lowest BCUT2D eigenvalue weighted by Crippen LogP contribution is -2.71. The molecule has 6 aromatic carbocycles. The minimum Gasteiger partial charge on any atom is -0.492 e. The molecule has 3 aromatic heterocycles. The highest BCUT2D eigenvalue weighted by atomic mass is 32.2. The van der Waals surface area contributed by atoms with Gasteiger partial charge in [0.25, 0.3) is 11.8 Å². The van der Waals surface area contributed by atoms with Crippen LogP contribution in [0.3, 0.4) is 0 Å². The molecule has 0 aliphatic carbocycles. The zero-order valence-electron chi connectivity index (χ0n) is 41.9. The average Bonchev–Trinajstić information content (AvgIpc) is 4.31. The summed E-state index contributed by atoms with van der Waals surface area (Å²) in [5, 5.41) is 48.6. The normalized spacial score (nSPS) is 15.4. The SMILES string of the molecule is O=C(O)C1=C(CSc2snc(O)c2C(=O)O)CSC2C(NC(=O)/C(=N\OCc3csc(NC(c4ccccc4)(c4ccccc4)c4ccccc4)n3)c3csc(NC(c4ccccc4)(c4ccccc4)c4ccccc4)n3)C(=O)N12. The summed E-state index contributed by atoms with van der Waals surface area (Å²) in [7, 11) is 0. The molecule has 21 heteroatoms. The summed E-state index contributed by atoms with van der Waals surface area (Å²) in [6.07, 6.45) is 0. The van der Waals surface area contributed by atoms with Crippen LogP contribution in [-0.2, 0) is 36.9 Å². The first-order valence-corrected chi connectivity index (χ1v) is 29.4. The number of carbonyl (C=O) groups excluding carboxylic acids is 2. The van der Waals surface area contributed by atoms with Gasteiger partial charge in [-0.2, -0.15) is 4.37 Å². The number of rotatable bonds is 21. The van der Waals surface area contributed by atoms with Crippen LogP contribution in [0.4, 0.5) is 10.3 Å². The number of carbonyl (C=O) groups is 4. The van der Waals surface area contributed by atoms with Crippen LogP contribution < -0.4 is 16.0 Å². The van der Waals surface area contributed by atoms with Crippen molar-refractivity contribution in [2.45, 2.75) is 33.3 Å². The van der Waals surface area contributed by atoms with E-state index in [0.29, 0.717) is 21.5 Å². The third-order valence-electron chi connectivity index (χ3n) is 13.5. The van der Waals surface area contributed by atoms with Crippen LogP contribution in [0.2, 0.25) is 0 Å². The number of thiazole rings is 2. The number of nitrogens with zero attached hydrogens (tertiary/aromatic N) is 5. The minimum absolute atomic E-state index is 0.00298. The smallest absolute Gasteiger partial charge is 0.352 e. The molecule has 0 radical (unpaired) electrons. The van der Waals surface area contributed by atoms with Crippen molar-refractivity contribution >= 4 is 97.5 Å². The van der Waals surface area contributed by atoms with Gasteiger partial charge in [-0.25, -0.2) is 19.6 Å². The van der Waals surface area contributed by atoms with E-state index in [1.807, 2.05) is 151 Å². The number of nitrogens with one attached hydrogen (secondary N) is 3. The van der Waals surface area contributed by atoms with E-state index in [1.165, 1.54) is 34.4 Å². The zero-order valence-corrected chi connectivity index (χ0v) is 46.0. The van der Waals surface area contributed by atoms with Gasteiger partial charge in [0, 0.05) is 22.3 Å². The molecule has 11 rings (SSSR count). The summed E-state index contributed by atoms with van der Waals surface area (Å²) >= 11 is 5.65. The average molecular weight is 1160 g/mol. The number of hydrogen-bond acceptors (Lipinski definition) is 17. The third-order valence-corrected chi connectivity index (χ3v) is 18.6. The van der Waals surface area contributed by atoms with Crippen LogP contribution in [0, 0.1) is 0 Å². The molecule has 0 saturated carbocycles. The fourth-order valence-corrected chi connectivity index (χ4v) is 14.7. The molecule has 1 saturated heterocycles. The second-order valence-electron chi connectivity index (χ2n) is 18.2. The Balaban J connectivity index is 0.902. The van der Waals surface area contributed by atoms with Gasteiger partial charge in [0.1, 0.15) is 39.4 Å². The number of thioether (sulfide) groups is 2. The molecule has 0 spiro atoms. The van der Waals surface area contributed by atoms with E-state index < -0.39 is 52.1 Å². The second kappa shape index (κ2) is 23.4. The summed E-state index contributed by atoms with van der Waals surface area (Å²) in [4.78, 5) is 70.6. The highest BCUT2D eigenvalue weighted by Gasteiger charge is 2.54. The first-order valence-electron chi connectivity index (χ1n) is 24.8. The predicted octanol–water partition coefficient (Wildman–Crippen LogP) is 10.7. The summed E-state index contributed by atoms with van der Waals surface area (Å²) in [5.74, 6) is -4.70. The predicted molar refractivity (Wildman–Crippen MR) is 312 cm³/mol. The number of amides is 2. The number of aliphatic carboxylic acids is 1. The number of benzene rings is 6. The lowest BCUT2D eigenvalue weighted by Gasteiger charge is -2.49.